The molecule has 0 aliphatic heterocycles. The summed E-state index contributed by atoms with van der Waals surface area (Å²) in [6, 6.07) is 6.04. The molecule has 108 valence electrons. The predicted octanol–water partition coefficient (Wildman–Crippen LogP) is 2.34. The standard InChI is InChI=1S/C15H25NO3/c1-5-13(10-17)16-9-12-6-7-14(19-11(2)3)15(8-12)18-4/h6-8,11,13,16-17H,5,9-10H2,1-4H3/t13-/m0/s1. The molecule has 0 unspecified atom stereocenters. The maximum Gasteiger partial charge on any atom is 0.161 e. The Hall–Kier alpha value is -1.26. The van der Waals surface area contributed by atoms with Crippen molar-refractivity contribution in [2.75, 3.05) is 13.7 Å². The fourth-order valence-corrected chi connectivity index (χ4v) is 1.77. The van der Waals surface area contributed by atoms with Crippen LogP contribution in [0.1, 0.15) is 32.8 Å². The van der Waals surface area contributed by atoms with Gasteiger partial charge in [-0.15, -0.1) is 0 Å². The van der Waals surface area contributed by atoms with Crippen molar-refractivity contribution in [3.8, 4) is 11.5 Å². The largest absolute Gasteiger partial charge is 0.493 e. The van der Waals surface area contributed by atoms with E-state index in [0.29, 0.717) is 6.54 Å². The minimum absolute atomic E-state index is 0.122. The van der Waals surface area contributed by atoms with Gasteiger partial charge in [0.05, 0.1) is 19.8 Å². The van der Waals surface area contributed by atoms with Crippen molar-refractivity contribution >= 4 is 0 Å². The summed E-state index contributed by atoms with van der Waals surface area (Å²) in [5.74, 6) is 1.50. The van der Waals surface area contributed by atoms with Gasteiger partial charge >= 0.3 is 0 Å². The van der Waals surface area contributed by atoms with Gasteiger partial charge in [0.1, 0.15) is 0 Å². The van der Waals surface area contributed by atoms with Crippen LogP contribution >= 0.6 is 0 Å². The summed E-state index contributed by atoms with van der Waals surface area (Å²) in [6.45, 7) is 6.89. The van der Waals surface area contributed by atoms with Crippen molar-refractivity contribution < 1.29 is 14.6 Å². The van der Waals surface area contributed by atoms with Crippen molar-refractivity contribution in [2.24, 2.45) is 0 Å². The highest BCUT2D eigenvalue weighted by Crippen LogP contribution is 2.28. The molecule has 0 aliphatic rings. The average molecular weight is 267 g/mol. The number of nitrogens with one attached hydrogen (secondary N) is 1. The Kier molecular flexibility index (Phi) is 6.67. The maximum absolute atomic E-state index is 9.14. The molecule has 0 aliphatic carbocycles. The highest BCUT2D eigenvalue weighted by molar-refractivity contribution is 5.43. The molecule has 1 atom stereocenters. The average Bonchev–Trinajstić information content (AvgIpc) is 2.40. The lowest BCUT2D eigenvalue weighted by Gasteiger charge is -2.16. The van der Waals surface area contributed by atoms with E-state index in [1.807, 2.05) is 39.0 Å². The van der Waals surface area contributed by atoms with E-state index in [0.717, 1.165) is 23.5 Å². The summed E-state index contributed by atoms with van der Waals surface area (Å²) >= 11 is 0. The topological polar surface area (TPSA) is 50.7 Å². The van der Waals surface area contributed by atoms with E-state index in [1.165, 1.54) is 0 Å². The Morgan fingerprint density at radius 3 is 2.53 bits per heavy atom. The van der Waals surface area contributed by atoms with Crippen LogP contribution in [0.15, 0.2) is 18.2 Å². The molecule has 0 radical (unpaired) electrons. The molecule has 0 saturated carbocycles. The summed E-state index contributed by atoms with van der Waals surface area (Å²) in [7, 11) is 1.64. The molecule has 0 bridgehead atoms. The number of ether oxygens (including phenoxy) is 2. The number of aliphatic hydroxyl groups is 1. The Morgan fingerprint density at radius 2 is 2.00 bits per heavy atom. The lowest BCUT2D eigenvalue weighted by Crippen LogP contribution is -2.31. The molecule has 1 aromatic rings. The first-order valence-corrected chi connectivity index (χ1v) is 6.78. The second-order valence-electron chi connectivity index (χ2n) is 4.82. The molecule has 4 nitrogen and oxygen atoms in total. The second kappa shape index (κ2) is 8.02. The first-order chi connectivity index (χ1) is 9.10. The van der Waals surface area contributed by atoms with Crippen molar-refractivity contribution in [1.29, 1.82) is 0 Å². The number of aliphatic hydroxyl groups excluding tert-OH is 1. The molecule has 1 rings (SSSR count). The molecule has 0 aromatic heterocycles. The van der Waals surface area contributed by atoms with Gasteiger partial charge in [0.15, 0.2) is 11.5 Å². The first-order valence-electron chi connectivity index (χ1n) is 6.78. The Bertz CT molecular complexity index is 376. The molecular weight excluding hydrogens is 242 g/mol. The molecule has 0 amide bonds. The zero-order chi connectivity index (χ0) is 14.3. The van der Waals surface area contributed by atoms with Gasteiger partial charge in [0, 0.05) is 12.6 Å². The van der Waals surface area contributed by atoms with E-state index in [-0.39, 0.29) is 18.8 Å². The fourth-order valence-electron chi connectivity index (χ4n) is 1.77. The number of rotatable bonds is 8. The van der Waals surface area contributed by atoms with Crippen molar-refractivity contribution in [3.05, 3.63) is 23.8 Å². The van der Waals surface area contributed by atoms with E-state index in [1.54, 1.807) is 7.11 Å². The van der Waals surface area contributed by atoms with Crippen LogP contribution in [0.3, 0.4) is 0 Å². The summed E-state index contributed by atoms with van der Waals surface area (Å²) in [4.78, 5) is 0. The lowest BCUT2D eigenvalue weighted by molar-refractivity contribution is 0.229. The van der Waals surface area contributed by atoms with Crippen LogP contribution in [-0.2, 0) is 6.54 Å². The van der Waals surface area contributed by atoms with E-state index in [9.17, 15) is 0 Å². The quantitative estimate of drug-likeness (QED) is 0.759. The van der Waals surface area contributed by atoms with E-state index < -0.39 is 0 Å². The smallest absolute Gasteiger partial charge is 0.161 e. The monoisotopic (exact) mass is 267 g/mol. The summed E-state index contributed by atoms with van der Waals surface area (Å²) in [5, 5.41) is 12.4. The first kappa shape index (κ1) is 15.8. The van der Waals surface area contributed by atoms with E-state index in [4.69, 9.17) is 14.6 Å². The van der Waals surface area contributed by atoms with E-state index >= 15 is 0 Å². The van der Waals surface area contributed by atoms with Crippen LogP contribution in [0.5, 0.6) is 11.5 Å². The van der Waals surface area contributed by atoms with Gasteiger partial charge in [0.2, 0.25) is 0 Å². The molecule has 19 heavy (non-hydrogen) atoms. The summed E-state index contributed by atoms with van der Waals surface area (Å²) in [6.07, 6.45) is 1.03. The van der Waals surface area contributed by atoms with Crippen molar-refractivity contribution in [3.63, 3.8) is 0 Å². The molecule has 1 aromatic carbocycles. The third-order valence-corrected chi connectivity index (χ3v) is 2.90. The van der Waals surface area contributed by atoms with Crippen LogP contribution in [-0.4, -0.2) is 31.0 Å². The molecule has 4 heteroatoms. The highest BCUT2D eigenvalue weighted by atomic mass is 16.5. The fraction of sp³-hybridized carbons (Fsp3) is 0.600. The number of methoxy groups -OCH3 is 1. The van der Waals surface area contributed by atoms with Crippen LogP contribution < -0.4 is 14.8 Å². The number of hydrogen-bond acceptors (Lipinski definition) is 4. The zero-order valence-electron chi connectivity index (χ0n) is 12.3. The molecule has 0 fully saturated rings. The summed E-state index contributed by atoms with van der Waals surface area (Å²) in [5.41, 5.74) is 1.11. The molecular formula is C15H25NO3. The maximum atomic E-state index is 9.14. The third kappa shape index (κ3) is 5.09. The number of hydrogen-bond donors (Lipinski definition) is 2. The van der Waals surface area contributed by atoms with Gasteiger partial charge in [-0.05, 0) is 38.0 Å². The van der Waals surface area contributed by atoms with Gasteiger partial charge in [0.25, 0.3) is 0 Å². The van der Waals surface area contributed by atoms with Crippen LogP contribution in [0.2, 0.25) is 0 Å². The molecule has 0 saturated heterocycles. The SMILES string of the molecule is CC[C@@H](CO)NCc1ccc(OC(C)C)c(OC)c1. The third-order valence-electron chi connectivity index (χ3n) is 2.90. The lowest BCUT2D eigenvalue weighted by atomic mass is 10.1. The second-order valence-corrected chi connectivity index (χ2v) is 4.82. The highest BCUT2D eigenvalue weighted by Gasteiger charge is 2.09. The zero-order valence-corrected chi connectivity index (χ0v) is 12.3. The molecule has 0 spiro atoms. The van der Waals surface area contributed by atoms with E-state index in [2.05, 4.69) is 5.32 Å². The summed E-state index contributed by atoms with van der Waals surface area (Å²) < 4.78 is 11.0. The van der Waals surface area contributed by atoms with Crippen LogP contribution in [0, 0.1) is 0 Å². The van der Waals surface area contributed by atoms with Gasteiger partial charge in [-0.1, -0.05) is 13.0 Å². The van der Waals surface area contributed by atoms with Gasteiger partial charge in [-0.2, -0.15) is 0 Å². The van der Waals surface area contributed by atoms with Gasteiger partial charge < -0.3 is 19.9 Å². The Balaban J connectivity index is 2.70. The predicted molar refractivity (Wildman–Crippen MR) is 76.8 cm³/mol. The van der Waals surface area contributed by atoms with Gasteiger partial charge in [-0.3, -0.25) is 0 Å². The normalized spacial score (nSPS) is 12.5. The van der Waals surface area contributed by atoms with Crippen molar-refractivity contribution in [2.45, 2.75) is 45.9 Å². The minimum Gasteiger partial charge on any atom is -0.493 e. The molecule has 2 N–H and O–H groups in total. The van der Waals surface area contributed by atoms with Crippen molar-refractivity contribution in [1.82, 2.24) is 5.32 Å². The van der Waals surface area contributed by atoms with Crippen LogP contribution in [0.25, 0.3) is 0 Å². The number of benzene rings is 1. The molecule has 0 heterocycles. The van der Waals surface area contributed by atoms with Gasteiger partial charge in [-0.25, -0.2) is 0 Å². The Morgan fingerprint density at radius 1 is 1.26 bits per heavy atom. The Labute approximate surface area is 115 Å². The minimum atomic E-state index is 0.122. The van der Waals surface area contributed by atoms with Crippen LogP contribution in [0.4, 0.5) is 0 Å².